The third-order valence-corrected chi connectivity index (χ3v) is 5.79. The van der Waals surface area contributed by atoms with Crippen LogP contribution >= 0.6 is 0 Å². The van der Waals surface area contributed by atoms with Crippen molar-refractivity contribution >= 4 is 5.91 Å². The van der Waals surface area contributed by atoms with Gasteiger partial charge in [0.05, 0.1) is 6.54 Å². The predicted octanol–water partition coefficient (Wildman–Crippen LogP) is 1.09. The molecular formula is C21H27FN4O4. The molecule has 9 heteroatoms. The average molecular weight is 418 g/mol. The normalized spacial score (nSPS) is 21.2. The van der Waals surface area contributed by atoms with Crippen LogP contribution in [0.1, 0.15) is 12.8 Å². The quantitative estimate of drug-likeness (QED) is 0.728. The Balaban J connectivity index is 1.24. The average Bonchev–Trinajstić information content (AvgIpc) is 3.18. The van der Waals surface area contributed by atoms with Gasteiger partial charge in [-0.25, -0.2) is 9.18 Å². The molecule has 162 valence electrons. The van der Waals surface area contributed by atoms with Crippen LogP contribution in [0, 0.1) is 5.82 Å². The van der Waals surface area contributed by atoms with Gasteiger partial charge in [0.2, 0.25) is 5.91 Å². The second-order valence-electron chi connectivity index (χ2n) is 7.78. The monoisotopic (exact) mass is 418 g/mol. The Hall–Kier alpha value is -2.65. The van der Waals surface area contributed by atoms with Crippen LogP contribution in [0.3, 0.4) is 0 Å². The number of halogens is 1. The summed E-state index contributed by atoms with van der Waals surface area (Å²) in [6.45, 7) is 4.15. The number of nitrogens with one attached hydrogen (secondary N) is 1. The van der Waals surface area contributed by atoms with Crippen molar-refractivity contribution in [2.45, 2.75) is 31.5 Å². The number of hydrogen-bond donors (Lipinski definition) is 1. The van der Waals surface area contributed by atoms with Gasteiger partial charge in [-0.2, -0.15) is 0 Å². The summed E-state index contributed by atoms with van der Waals surface area (Å²) in [6.07, 6.45) is 5.01. The van der Waals surface area contributed by atoms with E-state index in [0.717, 1.165) is 32.5 Å². The molecule has 4 rings (SSSR count). The third-order valence-electron chi connectivity index (χ3n) is 5.79. The summed E-state index contributed by atoms with van der Waals surface area (Å²) in [4.78, 5) is 30.9. The number of carbonyl (C=O) groups excluding carboxylic acids is 1. The maximum Gasteiger partial charge on any atom is 0.325 e. The molecule has 0 bridgehead atoms. The van der Waals surface area contributed by atoms with Gasteiger partial charge >= 0.3 is 5.69 Å². The number of carbonyl (C=O) groups is 1. The fourth-order valence-electron chi connectivity index (χ4n) is 4.05. The van der Waals surface area contributed by atoms with Gasteiger partial charge in [0, 0.05) is 44.6 Å². The van der Waals surface area contributed by atoms with Crippen LogP contribution in [0.25, 0.3) is 0 Å². The van der Waals surface area contributed by atoms with Crippen LogP contribution < -0.4 is 10.4 Å². The number of rotatable bonds is 7. The molecule has 1 N–H and O–H groups in total. The summed E-state index contributed by atoms with van der Waals surface area (Å²) >= 11 is 0. The molecule has 2 aromatic rings. The fourth-order valence-corrected chi connectivity index (χ4v) is 4.05. The van der Waals surface area contributed by atoms with Crippen LogP contribution in [0.4, 0.5) is 4.39 Å². The Morgan fingerprint density at radius 2 is 1.90 bits per heavy atom. The predicted molar refractivity (Wildman–Crippen MR) is 108 cm³/mol. The number of amides is 1. The molecule has 1 atom stereocenters. The lowest BCUT2D eigenvalue weighted by Crippen LogP contribution is -2.55. The largest absolute Gasteiger partial charge is 0.491 e. The molecule has 2 saturated heterocycles. The first-order chi connectivity index (χ1) is 14.6. The fraction of sp³-hybridized carbons (Fsp3) is 0.524. The Labute approximate surface area is 174 Å². The SMILES string of the molecule is O=C1COC(COc2ccc(F)cc2)CN1C1CCN(CCn2cc[nH]c2=O)CC1. The lowest BCUT2D eigenvalue weighted by molar-refractivity contribution is -0.155. The number of hydrogen-bond acceptors (Lipinski definition) is 5. The molecule has 1 unspecified atom stereocenters. The molecular weight excluding hydrogens is 391 g/mol. The lowest BCUT2D eigenvalue weighted by Gasteiger charge is -2.42. The van der Waals surface area contributed by atoms with Gasteiger partial charge in [0.1, 0.15) is 30.9 Å². The van der Waals surface area contributed by atoms with Gasteiger partial charge in [-0.3, -0.25) is 9.36 Å². The van der Waals surface area contributed by atoms with Crippen molar-refractivity contribution in [3.8, 4) is 5.75 Å². The van der Waals surface area contributed by atoms with E-state index >= 15 is 0 Å². The molecule has 2 aliphatic heterocycles. The van der Waals surface area contributed by atoms with Crippen molar-refractivity contribution in [2.24, 2.45) is 0 Å². The van der Waals surface area contributed by atoms with Crippen molar-refractivity contribution in [2.75, 3.05) is 39.4 Å². The molecule has 3 heterocycles. The van der Waals surface area contributed by atoms with E-state index in [4.69, 9.17) is 9.47 Å². The molecule has 1 amide bonds. The summed E-state index contributed by atoms with van der Waals surface area (Å²) in [5.41, 5.74) is -0.0855. The van der Waals surface area contributed by atoms with Crippen molar-refractivity contribution < 1.29 is 18.7 Å². The highest BCUT2D eigenvalue weighted by Gasteiger charge is 2.33. The van der Waals surface area contributed by atoms with Gasteiger partial charge < -0.3 is 24.3 Å². The number of ether oxygens (including phenoxy) is 2. The Bertz CT molecular complexity index is 889. The molecule has 2 aliphatic rings. The zero-order valence-electron chi connectivity index (χ0n) is 16.8. The van der Waals surface area contributed by atoms with E-state index in [-0.39, 0.29) is 36.2 Å². The van der Waals surface area contributed by atoms with Crippen LogP contribution in [0.5, 0.6) is 5.75 Å². The van der Waals surface area contributed by atoms with Gasteiger partial charge in [0.15, 0.2) is 0 Å². The summed E-state index contributed by atoms with van der Waals surface area (Å²) in [7, 11) is 0. The van der Waals surface area contributed by atoms with Crippen molar-refractivity contribution in [3.05, 3.63) is 53.0 Å². The Kier molecular flexibility index (Phi) is 6.49. The van der Waals surface area contributed by atoms with Crippen LogP contribution in [-0.2, 0) is 16.1 Å². The Morgan fingerprint density at radius 1 is 1.13 bits per heavy atom. The lowest BCUT2D eigenvalue weighted by atomic mass is 10.0. The zero-order valence-corrected chi connectivity index (χ0v) is 16.8. The first-order valence-electron chi connectivity index (χ1n) is 10.3. The first kappa shape index (κ1) is 20.6. The smallest absolute Gasteiger partial charge is 0.325 e. The first-order valence-corrected chi connectivity index (χ1v) is 10.3. The highest BCUT2D eigenvalue weighted by molar-refractivity contribution is 5.78. The molecule has 0 spiro atoms. The third kappa shape index (κ3) is 5.09. The minimum absolute atomic E-state index is 0.0188. The molecule has 2 fully saturated rings. The minimum atomic E-state index is -0.306. The van der Waals surface area contributed by atoms with E-state index in [1.54, 1.807) is 29.1 Å². The number of likely N-dealkylation sites (tertiary alicyclic amines) is 1. The second-order valence-corrected chi connectivity index (χ2v) is 7.78. The van der Waals surface area contributed by atoms with Crippen LogP contribution in [0.15, 0.2) is 41.5 Å². The van der Waals surface area contributed by atoms with Gasteiger partial charge in [-0.05, 0) is 37.1 Å². The Morgan fingerprint density at radius 3 is 2.60 bits per heavy atom. The number of aromatic nitrogens is 2. The summed E-state index contributed by atoms with van der Waals surface area (Å²) < 4.78 is 26.0. The van der Waals surface area contributed by atoms with Gasteiger partial charge in [-0.1, -0.05) is 0 Å². The summed E-state index contributed by atoms with van der Waals surface area (Å²) in [5, 5.41) is 0. The van der Waals surface area contributed by atoms with E-state index in [1.807, 2.05) is 4.90 Å². The number of piperidine rings is 1. The van der Waals surface area contributed by atoms with Crippen LogP contribution in [0.2, 0.25) is 0 Å². The maximum atomic E-state index is 13.0. The number of aromatic amines is 1. The number of imidazole rings is 1. The molecule has 1 aromatic carbocycles. The summed E-state index contributed by atoms with van der Waals surface area (Å²) in [5.74, 6) is 0.295. The number of H-pyrrole nitrogens is 1. The standard InChI is InChI=1S/C21H27FN4O4/c22-16-1-3-18(4-2-16)29-14-19-13-26(20(27)15-30-19)17-5-8-24(9-6-17)11-12-25-10-7-23-21(25)28/h1-4,7,10,17,19H,5-6,8-9,11-15H2,(H,23,28). The molecule has 30 heavy (non-hydrogen) atoms. The van der Waals surface area contributed by atoms with Crippen molar-refractivity contribution in [1.82, 2.24) is 19.4 Å². The van der Waals surface area contributed by atoms with E-state index in [2.05, 4.69) is 9.88 Å². The highest BCUT2D eigenvalue weighted by atomic mass is 19.1. The number of morpholine rings is 1. The minimum Gasteiger partial charge on any atom is -0.491 e. The molecule has 0 radical (unpaired) electrons. The molecule has 8 nitrogen and oxygen atoms in total. The zero-order chi connectivity index (χ0) is 20.9. The number of nitrogens with zero attached hydrogens (tertiary/aromatic N) is 3. The maximum absolute atomic E-state index is 13.0. The van der Waals surface area contributed by atoms with Gasteiger partial charge in [0.25, 0.3) is 0 Å². The summed E-state index contributed by atoms with van der Waals surface area (Å²) in [6, 6.07) is 6.07. The second kappa shape index (κ2) is 9.44. The highest BCUT2D eigenvalue weighted by Crippen LogP contribution is 2.21. The molecule has 1 aromatic heterocycles. The molecule has 0 aliphatic carbocycles. The molecule has 0 saturated carbocycles. The van der Waals surface area contributed by atoms with E-state index in [0.29, 0.717) is 25.4 Å². The van der Waals surface area contributed by atoms with Crippen molar-refractivity contribution in [1.29, 1.82) is 0 Å². The topological polar surface area (TPSA) is 79.8 Å². The van der Waals surface area contributed by atoms with Crippen LogP contribution in [-0.4, -0.2) is 76.8 Å². The van der Waals surface area contributed by atoms with Gasteiger partial charge in [-0.15, -0.1) is 0 Å². The van der Waals surface area contributed by atoms with Crippen molar-refractivity contribution in [3.63, 3.8) is 0 Å². The van der Waals surface area contributed by atoms with E-state index < -0.39 is 0 Å². The van der Waals surface area contributed by atoms with E-state index in [9.17, 15) is 14.0 Å². The number of benzene rings is 1. The van der Waals surface area contributed by atoms with E-state index in [1.165, 1.54) is 12.1 Å².